The number of nitrogens with two attached hydrogens (primary N) is 1. The van der Waals surface area contributed by atoms with Gasteiger partial charge in [0, 0.05) is 23.3 Å². The monoisotopic (exact) mass is 283 g/mol. The molecule has 0 atom stereocenters. The van der Waals surface area contributed by atoms with Gasteiger partial charge in [0.05, 0.1) is 11.3 Å². The minimum Gasteiger partial charge on any atom is -0.368 e. The van der Waals surface area contributed by atoms with E-state index < -0.39 is 0 Å². The van der Waals surface area contributed by atoms with Crippen LogP contribution in [0.2, 0.25) is 5.15 Å². The van der Waals surface area contributed by atoms with Crippen molar-refractivity contribution in [3.63, 3.8) is 0 Å². The Labute approximate surface area is 120 Å². The first kappa shape index (κ1) is 12.5. The Morgan fingerprint density at radius 1 is 1.30 bits per heavy atom. The molecule has 0 aliphatic carbocycles. The van der Waals surface area contributed by atoms with Gasteiger partial charge in [-0.25, -0.2) is 9.97 Å². The van der Waals surface area contributed by atoms with Crippen molar-refractivity contribution >= 4 is 28.6 Å². The lowest BCUT2D eigenvalue weighted by molar-refractivity contribution is 1.11. The second-order valence-corrected chi connectivity index (χ2v) is 4.58. The zero-order valence-electron chi connectivity index (χ0n) is 10.6. The molecule has 0 saturated carbocycles. The van der Waals surface area contributed by atoms with E-state index in [9.17, 15) is 0 Å². The van der Waals surface area contributed by atoms with Gasteiger partial charge in [0.2, 0.25) is 5.95 Å². The van der Waals surface area contributed by atoms with Gasteiger partial charge < -0.3 is 10.7 Å². The number of aryl methyl sites for hydroxylation is 1. The Hall–Kier alpha value is -2.58. The SMILES string of the molecule is Cc1nc(N)nc(Cl)c1C#Cc1cnc2[nH]ccc2c1. The van der Waals surface area contributed by atoms with E-state index in [1.165, 1.54) is 0 Å². The van der Waals surface area contributed by atoms with Crippen molar-refractivity contribution < 1.29 is 0 Å². The molecule has 0 saturated heterocycles. The third-order valence-corrected chi connectivity index (χ3v) is 3.07. The van der Waals surface area contributed by atoms with Gasteiger partial charge in [0.15, 0.2) is 5.15 Å². The maximum absolute atomic E-state index is 6.02. The molecular formula is C14H10ClN5. The summed E-state index contributed by atoms with van der Waals surface area (Å²) in [6, 6.07) is 3.89. The summed E-state index contributed by atoms with van der Waals surface area (Å²) >= 11 is 6.02. The molecular weight excluding hydrogens is 274 g/mol. The number of H-pyrrole nitrogens is 1. The Morgan fingerprint density at radius 3 is 2.95 bits per heavy atom. The highest BCUT2D eigenvalue weighted by molar-refractivity contribution is 6.30. The number of anilines is 1. The van der Waals surface area contributed by atoms with Gasteiger partial charge >= 0.3 is 0 Å². The average Bonchev–Trinajstić information content (AvgIpc) is 2.84. The van der Waals surface area contributed by atoms with Crippen molar-refractivity contribution in [1.29, 1.82) is 0 Å². The molecule has 3 heterocycles. The number of nitrogens with zero attached hydrogens (tertiary/aromatic N) is 3. The van der Waals surface area contributed by atoms with Crippen LogP contribution in [0.3, 0.4) is 0 Å². The van der Waals surface area contributed by atoms with Crippen molar-refractivity contribution in [2.75, 3.05) is 5.73 Å². The number of hydrogen-bond donors (Lipinski definition) is 2. The molecule has 0 unspecified atom stereocenters. The number of fused-ring (bicyclic) bond motifs is 1. The molecule has 0 aliphatic rings. The molecule has 3 rings (SSSR count). The summed E-state index contributed by atoms with van der Waals surface area (Å²) in [5.41, 5.74) is 8.38. The number of nitrogen functional groups attached to an aromatic ring is 1. The van der Waals surface area contributed by atoms with Gasteiger partial charge in [-0.3, -0.25) is 0 Å². The minimum absolute atomic E-state index is 0.147. The number of aromatic nitrogens is 4. The number of pyridine rings is 1. The zero-order valence-corrected chi connectivity index (χ0v) is 11.4. The van der Waals surface area contributed by atoms with Gasteiger partial charge in [0.1, 0.15) is 5.65 Å². The van der Waals surface area contributed by atoms with Crippen LogP contribution in [-0.4, -0.2) is 19.9 Å². The molecule has 6 heteroatoms. The molecule has 3 aromatic heterocycles. The summed E-state index contributed by atoms with van der Waals surface area (Å²) in [5.74, 6) is 6.13. The largest absolute Gasteiger partial charge is 0.368 e. The molecule has 0 bridgehead atoms. The third kappa shape index (κ3) is 2.29. The molecule has 20 heavy (non-hydrogen) atoms. The van der Waals surface area contributed by atoms with E-state index in [4.69, 9.17) is 17.3 Å². The summed E-state index contributed by atoms with van der Waals surface area (Å²) in [6.07, 6.45) is 3.54. The average molecular weight is 284 g/mol. The minimum atomic E-state index is 0.147. The molecule has 0 radical (unpaired) electrons. The van der Waals surface area contributed by atoms with Crippen LogP contribution in [0, 0.1) is 18.8 Å². The highest BCUT2D eigenvalue weighted by Crippen LogP contribution is 2.16. The second kappa shape index (κ2) is 4.83. The number of aromatic amines is 1. The molecule has 0 fully saturated rings. The number of nitrogens with one attached hydrogen (secondary N) is 1. The predicted molar refractivity (Wildman–Crippen MR) is 78.3 cm³/mol. The maximum Gasteiger partial charge on any atom is 0.221 e. The van der Waals surface area contributed by atoms with E-state index >= 15 is 0 Å². The van der Waals surface area contributed by atoms with Crippen LogP contribution in [0.5, 0.6) is 0 Å². The third-order valence-electron chi connectivity index (χ3n) is 2.80. The molecule has 0 spiro atoms. The van der Waals surface area contributed by atoms with E-state index in [0.717, 1.165) is 16.6 Å². The fraction of sp³-hybridized carbons (Fsp3) is 0.0714. The van der Waals surface area contributed by atoms with Crippen LogP contribution < -0.4 is 5.73 Å². The van der Waals surface area contributed by atoms with E-state index in [-0.39, 0.29) is 11.1 Å². The van der Waals surface area contributed by atoms with Crippen molar-refractivity contribution in [2.45, 2.75) is 6.92 Å². The molecule has 0 amide bonds. The first-order chi connectivity index (χ1) is 9.63. The highest BCUT2D eigenvalue weighted by Gasteiger charge is 2.05. The summed E-state index contributed by atoms with van der Waals surface area (Å²) in [6.45, 7) is 1.79. The van der Waals surface area contributed by atoms with E-state index in [2.05, 4.69) is 31.8 Å². The summed E-state index contributed by atoms with van der Waals surface area (Å²) in [4.78, 5) is 15.2. The second-order valence-electron chi connectivity index (χ2n) is 4.22. The summed E-state index contributed by atoms with van der Waals surface area (Å²) in [5, 5.41) is 1.27. The lowest BCUT2D eigenvalue weighted by Gasteiger charge is -2.00. The molecule has 0 aliphatic heterocycles. The Morgan fingerprint density at radius 2 is 2.15 bits per heavy atom. The quantitative estimate of drug-likeness (QED) is 0.490. The molecule has 0 aromatic carbocycles. The standard InChI is InChI=1S/C14H10ClN5/c1-8-11(12(15)20-14(16)19-8)3-2-9-6-10-4-5-17-13(10)18-7-9/h4-7H,1H3,(H,17,18)(H2,16,19,20). The van der Waals surface area contributed by atoms with Gasteiger partial charge in [-0.2, -0.15) is 4.98 Å². The van der Waals surface area contributed by atoms with Crippen molar-refractivity contribution in [3.8, 4) is 11.8 Å². The molecule has 3 N–H and O–H groups in total. The van der Waals surface area contributed by atoms with Crippen LogP contribution in [0.4, 0.5) is 5.95 Å². The fourth-order valence-electron chi connectivity index (χ4n) is 1.84. The van der Waals surface area contributed by atoms with Crippen LogP contribution in [0.1, 0.15) is 16.8 Å². The lowest BCUT2D eigenvalue weighted by Crippen LogP contribution is -2.00. The summed E-state index contributed by atoms with van der Waals surface area (Å²) in [7, 11) is 0. The van der Waals surface area contributed by atoms with Crippen LogP contribution >= 0.6 is 11.6 Å². The maximum atomic E-state index is 6.02. The van der Waals surface area contributed by atoms with E-state index in [1.807, 2.05) is 18.3 Å². The molecule has 3 aromatic rings. The van der Waals surface area contributed by atoms with Gasteiger partial charge in [-0.1, -0.05) is 23.4 Å². The summed E-state index contributed by atoms with van der Waals surface area (Å²) < 4.78 is 0. The van der Waals surface area contributed by atoms with Crippen LogP contribution in [-0.2, 0) is 0 Å². The van der Waals surface area contributed by atoms with Gasteiger partial charge in [-0.05, 0) is 19.1 Å². The van der Waals surface area contributed by atoms with Crippen molar-refractivity contribution in [1.82, 2.24) is 19.9 Å². The highest BCUT2D eigenvalue weighted by atomic mass is 35.5. The Kier molecular flexibility index (Phi) is 3.01. The van der Waals surface area contributed by atoms with Crippen molar-refractivity contribution in [2.24, 2.45) is 0 Å². The van der Waals surface area contributed by atoms with E-state index in [0.29, 0.717) is 11.3 Å². The van der Waals surface area contributed by atoms with Crippen LogP contribution in [0.15, 0.2) is 24.5 Å². The van der Waals surface area contributed by atoms with Crippen LogP contribution in [0.25, 0.3) is 11.0 Å². The molecule has 98 valence electrons. The normalized spacial score (nSPS) is 10.3. The Balaban J connectivity index is 2.03. The topological polar surface area (TPSA) is 80.5 Å². The van der Waals surface area contributed by atoms with Crippen molar-refractivity contribution in [3.05, 3.63) is 46.5 Å². The zero-order chi connectivity index (χ0) is 14.1. The van der Waals surface area contributed by atoms with Gasteiger partial charge in [-0.15, -0.1) is 0 Å². The first-order valence-electron chi connectivity index (χ1n) is 5.88. The fourth-order valence-corrected chi connectivity index (χ4v) is 2.11. The number of rotatable bonds is 0. The van der Waals surface area contributed by atoms with Gasteiger partial charge in [0.25, 0.3) is 0 Å². The Bertz CT molecular complexity index is 834. The first-order valence-corrected chi connectivity index (χ1v) is 6.26. The smallest absolute Gasteiger partial charge is 0.221 e. The van der Waals surface area contributed by atoms with E-state index in [1.54, 1.807) is 13.1 Å². The predicted octanol–water partition coefficient (Wildman–Crippen LogP) is 2.30. The number of hydrogen-bond acceptors (Lipinski definition) is 4. The lowest BCUT2D eigenvalue weighted by atomic mass is 10.2. The molecule has 5 nitrogen and oxygen atoms in total. The number of halogens is 1.